The number of hydrogen-bond donors (Lipinski definition) is 1. The van der Waals surface area contributed by atoms with Crippen LogP contribution in [0.25, 0.3) is 0 Å². The van der Waals surface area contributed by atoms with Crippen LogP contribution >= 0.6 is 0 Å². The number of alkyl halides is 3. The molecule has 0 saturated heterocycles. The third-order valence-corrected chi connectivity index (χ3v) is 3.93. The zero-order valence-electron chi connectivity index (χ0n) is 14.8. The van der Waals surface area contributed by atoms with E-state index in [9.17, 15) is 22.8 Å². The van der Waals surface area contributed by atoms with Crippen LogP contribution in [0.5, 0.6) is 5.75 Å². The molecule has 1 aromatic carbocycles. The largest absolute Gasteiger partial charge is 0.573 e. The van der Waals surface area contributed by atoms with Crippen molar-refractivity contribution in [2.75, 3.05) is 7.05 Å². The molecule has 1 aromatic heterocycles. The zero-order valence-corrected chi connectivity index (χ0v) is 14.8. The SMILES string of the molecule is CC(=O)c1c(C)[nH]c(C(=O)N(C)Cc2ccc(OC(F)(F)F)cc2)c1C. The van der Waals surface area contributed by atoms with Gasteiger partial charge in [-0.1, -0.05) is 12.1 Å². The second-order valence-electron chi connectivity index (χ2n) is 6.03. The highest BCUT2D eigenvalue weighted by Crippen LogP contribution is 2.24. The first kappa shape index (κ1) is 19.6. The van der Waals surface area contributed by atoms with Gasteiger partial charge in [0.05, 0.1) is 0 Å². The van der Waals surface area contributed by atoms with E-state index >= 15 is 0 Å². The highest BCUT2D eigenvalue weighted by Gasteiger charge is 2.31. The monoisotopic (exact) mass is 368 g/mol. The maximum absolute atomic E-state index is 12.6. The van der Waals surface area contributed by atoms with E-state index in [1.807, 2.05) is 0 Å². The number of carbonyl (C=O) groups excluding carboxylic acids is 2. The molecule has 5 nitrogen and oxygen atoms in total. The van der Waals surface area contributed by atoms with E-state index in [1.165, 1.54) is 36.1 Å². The molecule has 0 atom stereocenters. The smallest absolute Gasteiger partial charge is 0.406 e. The highest BCUT2D eigenvalue weighted by atomic mass is 19.4. The Morgan fingerprint density at radius 3 is 2.19 bits per heavy atom. The average Bonchev–Trinajstić information content (AvgIpc) is 2.81. The number of nitrogens with zero attached hydrogens (tertiary/aromatic N) is 1. The number of hydrogen-bond acceptors (Lipinski definition) is 3. The molecule has 0 aliphatic rings. The minimum Gasteiger partial charge on any atom is -0.406 e. The summed E-state index contributed by atoms with van der Waals surface area (Å²) >= 11 is 0. The standard InChI is InChI=1S/C18H19F3N2O3/c1-10-15(12(3)24)11(2)22-16(10)17(25)23(4)9-13-5-7-14(8-6-13)26-18(19,20)21/h5-8,22H,9H2,1-4H3. The molecule has 0 aliphatic carbocycles. The predicted molar refractivity (Wildman–Crippen MR) is 89.2 cm³/mol. The number of carbonyl (C=O) groups is 2. The summed E-state index contributed by atoms with van der Waals surface area (Å²) in [6, 6.07) is 5.30. The van der Waals surface area contributed by atoms with Gasteiger partial charge in [0.15, 0.2) is 5.78 Å². The van der Waals surface area contributed by atoms with Crippen molar-refractivity contribution in [3.05, 3.63) is 52.3 Å². The van der Waals surface area contributed by atoms with Crippen LogP contribution in [0.2, 0.25) is 0 Å². The van der Waals surface area contributed by atoms with Gasteiger partial charge < -0.3 is 14.6 Å². The number of aryl methyl sites for hydroxylation is 1. The Kier molecular flexibility index (Phi) is 5.44. The van der Waals surface area contributed by atoms with E-state index in [0.29, 0.717) is 28.1 Å². The van der Waals surface area contributed by atoms with E-state index in [4.69, 9.17) is 0 Å². The molecule has 1 N–H and O–H groups in total. The molecule has 0 aliphatic heterocycles. The topological polar surface area (TPSA) is 62.4 Å². The van der Waals surface area contributed by atoms with E-state index in [1.54, 1.807) is 20.9 Å². The van der Waals surface area contributed by atoms with Gasteiger partial charge in [-0.05, 0) is 44.0 Å². The molecule has 0 fully saturated rings. The lowest BCUT2D eigenvalue weighted by molar-refractivity contribution is -0.274. The minimum absolute atomic E-state index is 0.127. The van der Waals surface area contributed by atoms with Crippen molar-refractivity contribution in [3.63, 3.8) is 0 Å². The highest BCUT2D eigenvalue weighted by molar-refractivity contribution is 6.02. The first-order chi connectivity index (χ1) is 12.0. The van der Waals surface area contributed by atoms with Crippen LogP contribution in [0.15, 0.2) is 24.3 Å². The second-order valence-corrected chi connectivity index (χ2v) is 6.03. The maximum Gasteiger partial charge on any atom is 0.573 e. The van der Waals surface area contributed by atoms with Gasteiger partial charge in [0.1, 0.15) is 11.4 Å². The van der Waals surface area contributed by atoms with Crippen molar-refractivity contribution in [3.8, 4) is 5.75 Å². The zero-order chi connectivity index (χ0) is 19.6. The fraction of sp³-hybridized carbons (Fsp3) is 0.333. The molecule has 26 heavy (non-hydrogen) atoms. The van der Waals surface area contributed by atoms with Crippen molar-refractivity contribution in [2.24, 2.45) is 0 Å². The van der Waals surface area contributed by atoms with Crippen molar-refractivity contribution in [1.82, 2.24) is 9.88 Å². The van der Waals surface area contributed by atoms with Crippen LogP contribution in [0, 0.1) is 13.8 Å². The lowest BCUT2D eigenvalue weighted by Gasteiger charge is -2.17. The number of benzene rings is 1. The summed E-state index contributed by atoms with van der Waals surface area (Å²) in [6.07, 6.45) is -4.74. The van der Waals surface area contributed by atoms with Gasteiger partial charge in [-0.15, -0.1) is 13.2 Å². The summed E-state index contributed by atoms with van der Waals surface area (Å²) in [4.78, 5) is 28.7. The van der Waals surface area contributed by atoms with E-state index in [0.717, 1.165) is 0 Å². The van der Waals surface area contributed by atoms with Crippen LogP contribution in [0.1, 0.15) is 44.6 Å². The molecule has 0 radical (unpaired) electrons. The third-order valence-electron chi connectivity index (χ3n) is 3.93. The predicted octanol–water partition coefficient (Wildman–Crippen LogP) is 4.00. The molecular formula is C18H19F3N2O3. The van der Waals surface area contributed by atoms with Crippen LogP contribution in [-0.4, -0.2) is 35.0 Å². The first-order valence-electron chi connectivity index (χ1n) is 7.80. The molecule has 140 valence electrons. The average molecular weight is 368 g/mol. The molecule has 1 heterocycles. The van der Waals surface area contributed by atoms with Gasteiger partial charge >= 0.3 is 6.36 Å². The van der Waals surface area contributed by atoms with Gasteiger partial charge in [-0.3, -0.25) is 9.59 Å². The number of ketones is 1. The quantitative estimate of drug-likeness (QED) is 0.812. The molecular weight excluding hydrogens is 349 g/mol. The Labute approximate surface area is 148 Å². The van der Waals surface area contributed by atoms with Gasteiger partial charge in [-0.25, -0.2) is 0 Å². The van der Waals surface area contributed by atoms with Crippen molar-refractivity contribution in [1.29, 1.82) is 0 Å². The molecule has 0 spiro atoms. The summed E-state index contributed by atoms with van der Waals surface area (Å²) in [7, 11) is 1.57. The number of aromatic nitrogens is 1. The third kappa shape index (κ3) is 4.44. The van der Waals surface area contributed by atoms with Crippen LogP contribution in [0.3, 0.4) is 0 Å². The maximum atomic E-state index is 12.6. The molecule has 8 heteroatoms. The fourth-order valence-electron chi connectivity index (χ4n) is 2.83. The number of ether oxygens (including phenoxy) is 1. The summed E-state index contributed by atoms with van der Waals surface area (Å²) in [5, 5.41) is 0. The van der Waals surface area contributed by atoms with Crippen molar-refractivity contribution < 1.29 is 27.5 Å². The minimum atomic E-state index is -4.74. The van der Waals surface area contributed by atoms with E-state index < -0.39 is 6.36 Å². The lowest BCUT2D eigenvalue weighted by Crippen LogP contribution is -2.27. The number of amides is 1. The lowest BCUT2D eigenvalue weighted by atomic mass is 10.1. The molecule has 2 rings (SSSR count). The summed E-state index contributed by atoms with van der Waals surface area (Å²) in [5.41, 5.74) is 2.67. The molecule has 0 unspecified atom stereocenters. The van der Waals surface area contributed by atoms with Gasteiger partial charge in [-0.2, -0.15) is 0 Å². The van der Waals surface area contributed by atoms with Crippen LogP contribution < -0.4 is 4.74 Å². The Hall–Kier alpha value is -2.77. The molecule has 2 aromatic rings. The Balaban J connectivity index is 2.12. The van der Waals surface area contributed by atoms with Crippen LogP contribution in [-0.2, 0) is 6.54 Å². The normalized spacial score (nSPS) is 11.3. The van der Waals surface area contributed by atoms with Crippen LogP contribution in [0.4, 0.5) is 13.2 Å². The van der Waals surface area contributed by atoms with E-state index in [2.05, 4.69) is 9.72 Å². The molecule has 0 saturated carbocycles. The molecule has 0 bridgehead atoms. The number of H-pyrrole nitrogens is 1. The number of Topliss-reactive ketones (excluding diaryl/α,β-unsaturated/α-hetero) is 1. The van der Waals surface area contributed by atoms with Gasteiger partial charge in [0.2, 0.25) is 0 Å². The Morgan fingerprint density at radius 2 is 1.73 bits per heavy atom. The van der Waals surface area contributed by atoms with Crippen molar-refractivity contribution >= 4 is 11.7 Å². The number of halogens is 3. The first-order valence-corrected chi connectivity index (χ1v) is 7.80. The molecule has 1 amide bonds. The van der Waals surface area contributed by atoms with Gasteiger partial charge in [0, 0.05) is 24.8 Å². The fourth-order valence-corrected chi connectivity index (χ4v) is 2.83. The van der Waals surface area contributed by atoms with Crippen molar-refractivity contribution in [2.45, 2.75) is 33.7 Å². The Bertz CT molecular complexity index is 823. The number of aromatic amines is 1. The Morgan fingerprint density at radius 1 is 1.15 bits per heavy atom. The van der Waals surface area contributed by atoms with E-state index in [-0.39, 0.29) is 24.0 Å². The van der Waals surface area contributed by atoms with Gasteiger partial charge in [0.25, 0.3) is 5.91 Å². The summed E-state index contributed by atoms with van der Waals surface area (Å²) in [5.74, 6) is -0.760. The summed E-state index contributed by atoms with van der Waals surface area (Å²) < 4.78 is 40.3. The number of nitrogens with one attached hydrogen (secondary N) is 1. The summed E-state index contributed by atoms with van der Waals surface area (Å²) in [6.45, 7) is 5.05. The second kappa shape index (κ2) is 7.23. The number of rotatable bonds is 5.